The molecule has 13 heteroatoms. The first-order chi connectivity index (χ1) is 20.6. The minimum absolute atomic E-state index is 0.0626. The van der Waals surface area contributed by atoms with Crippen molar-refractivity contribution in [2.75, 3.05) is 19.8 Å². The van der Waals surface area contributed by atoms with Crippen LogP contribution >= 0.6 is 0 Å². The van der Waals surface area contributed by atoms with Crippen LogP contribution in [0.15, 0.2) is 12.2 Å². The van der Waals surface area contributed by atoms with E-state index >= 15 is 0 Å². The van der Waals surface area contributed by atoms with Crippen molar-refractivity contribution in [3.8, 4) is 0 Å². The lowest BCUT2D eigenvalue weighted by molar-refractivity contribution is -0.435. The summed E-state index contributed by atoms with van der Waals surface area (Å²) in [5.41, 5.74) is 0. The standard InChI is InChI=1S/C30H54O13/c1-2-3-4-5-6-7-8-9-10-11-12-13-14-15-16-17-22(34)41-30(20-33)27(39)24(36)25(37)28(43-30)42-29(19-32)26(38)23(35)21(18-31)40-29/h9-10,21,23-28,31-33,35-39H,2-8,11-20H2,1H3/b10-9+/t21-,23-,24-,25-,26+,27+,28+,29?,30-/m1/s1. The summed E-state index contributed by atoms with van der Waals surface area (Å²) in [7, 11) is 0. The van der Waals surface area contributed by atoms with E-state index in [2.05, 4.69) is 19.1 Å². The highest BCUT2D eigenvalue weighted by Crippen LogP contribution is 2.38. The van der Waals surface area contributed by atoms with Gasteiger partial charge in [-0.2, -0.15) is 0 Å². The Morgan fingerprint density at radius 1 is 0.698 bits per heavy atom. The highest BCUT2D eigenvalue weighted by Gasteiger charge is 2.62. The molecule has 252 valence electrons. The van der Waals surface area contributed by atoms with Crippen LogP contribution in [0.5, 0.6) is 0 Å². The maximum absolute atomic E-state index is 12.6. The lowest BCUT2D eigenvalue weighted by Gasteiger charge is -2.48. The molecule has 2 fully saturated rings. The molecule has 0 aliphatic carbocycles. The summed E-state index contributed by atoms with van der Waals surface area (Å²) in [4.78, 5) is 12.6. The summed E-state index contributed by atoms with van der Waals surface area (Å²) < 4.78 is 21.4. The van der Waals surface area contributed by atoms with Crippen molar-refractivity contribution in [1.82, 2.24) is 0 Å². The first kappa shape index (κ1) is 38.0. The number of hydrogen-bond acceptors (Lipinski definition) is 13. The van der Waals surface area contributed by atoms with Gasteiger partial charge in [-0.1, -0.05) is 70.4 Å². The molecule has 2 aliphatic rings. The molecular formula is C30H54O13. The van der Waals surface area contributed by atoms with Crippen molar-refractivity contribution < 1.29 is 64.6 Å². The van der Waals surface area contributed by atoms with Gasteiger partial charge in [-0.3, -0.25) is 4.79 Å². The second-order valence-electron chi connectivity index (χ2n) is 11.6. The van der Waals surface area contributed by atoms with Gasteiger partial charge < -0.3 is 59.8 Å². The van der Waals surface area contributed by atoms with Crippen LogP contribution in [-0.2, 0) is 23.7 Å². The van der Waals surface area contributed by atoms with Gasteiger partial charge in [-0.25, -0.2) is 0 Å². The maximum atomic E-state index is 12.6. The van der Waals surface area contributed by atoms with E-state index in [0.29, 0.717) is 6.42 Å². The number of aliphatic hydroxyl groups is 8. The van der Waals surface area contributed by atoms with E-state index in [1.165, 1.54) is 38.5 Å². The number of carbonyl (C=O) groups excluding carboxylic acids is 1. The topological polar surface area (TPSA) is 216 Å². The Balaban J connectivity index is 1.78. The smallest absolute Gasteiger partial charge is 0.308 e. The molecule has 0 saturated carbocycles. The fourth-order valence-corrected chi connectivity index (χ4v) is 5.34. The third kappa shape index (κ3) is 10.7. The van der Waals surface area contributed by atoms with Crippen LogP contribution in [0.25, 0.3) is 0 Å². The second kappa shape index (κ2) is 19.3. The highest BCUT2D eigenvalue weighted by molar-refractivity contribution is 5.69. The molecule has 2 heterocycles. The monoisotopic (exact) mass is 622 g/mol. The van der Waals surface area contributed by atoms with Gasteiger partial charge in [0.05, 0.1) is 6.61 Å². The van der Waals surface area contributed by atoms with Crippen molar-refractivity contribution in [3.63, 3.8) is 0 Å². The Bertz CT molecular complexity index is 813. The Hall–Kier alpha value is -1.23. The van der Waals surface area contributed by atoms with Crippen molar-refractivity contribution >= 4 is 5.97 Å². The number of esters is 1. The van der Waals surface area contributed by atoms with Crippen molar-refractivity contribution in [1.29, 1.82) is 0 Å². The van der Waals surface area contributed by atoms with Crippen LogP contribution < -0.4 is 0 Å². The van der Waals surface area contributed by atoms with Crippen LogP contribution in [0.1, 0.15) is 96.8 Å². The Morgan fingerprint density at radius 2 is 1.23 bits per heavy atom. The SMILES string of the molecule is CCCCCCCC/C=C/CCCCCCCC(=O)O[C@]1(CO)O[C@H](OC2(CO)O[C@H](CO)[C@@H](O)[C@@H]2O)[C@H](O)[C@@H](O)[C@@H]1O. The zero-order valence-corrected chi connectivity index (χ0v) is 25.3. The summed E-state index contributed by atoms with van der Waals surface area (Å²) in [5, 5.41) is 81.1. The molecule has 2 aliphatic heterocycles. The van der Waals surface area contributed by atoms with Gasteiger partial charge in [0.2, 0.25) is 5.79 Å². The van der Waals surface area contributed by atoms with Gasteiger partial charge in [-0.05, 0) is 32.1 Å². The molecule has 2 saturated heterocycles. The summed E-state index contributed by atoms with van der Waals surface area (Å²) in [6.07, 6.45) is 5.39. The largest absolute Gasteiger partial charge is 0.427 e. The van der Waals surface area contributed by atoms with Crippen LogP contribution in [-0.4, -0.2) is 121 Å². The van der Waals surface area contributed by atoms with Gasteiger partial charge in [0, 0.05) is 6.42 Å². The normalized spacial score (nSPS) is 34.7. The lowest BCUT2D eigenvalue weighted by atomic mass is 9.95. The van der Waals surface area contributed by atoms with Crippen LogP contribution in [0.2, 0.25) is 0 Å². The van der Waals surface area contributed by atoms with E-state index in [4.69, 9.17) is 18.9 Å². The summed E-state index contributed by atoms with van der Waals surface area (Å²) in [5.74, 6) is -5.79. The number of rotatable bonds is 21. The maximum Gasteiger partial charge on any atom is 0.308 e. The fourth-order valence-electron chi connectivity index (χ4n) is 5.34. The summed E-state index contributed by atoms with van der Waals surface area (Å²) >= 11 is 0. The van der Waals surface area contributed by atoms with Crippen molar-refractivity contribution in [2.45, 2.75) is 151 Å². The Labute approximate surface area is 254 Å². The first-order valence-electron chi connectivity index (χ1n) is 15.7. The van der Waals surface area contributed by atoms with E-state index in [1.54, 1.807) is 0 Å². The van der Waals surface area contributed by atoms with Crippen LogP contribution in [0, 0.1) is 0 Å². The molecule has 0 bridgehead atoms. The average molecular weight is 623 g/mol. The van der Waals surface area contributed by atoms with Gasteiger partial charge in [0.1, 0.15) is 43.7 Å². The zero-order valence-electron chi connectivity index (χ0n) is 25.3. The second-order valence-corrected chi connectivity index (χ2v) is 11.6. The average Bonchev–Trinajstić information content (AvgIpc) is 3.25. The first-order valence-corrected chi connectivity index (χ1v) is 15.7. The quantitative estimate of drug-likeness (QED) is 0.0498. The van der Waals surface area contributed by atoms with E-state index in [1.807, 2.05) is 0 Å². The molecule has 9 atom stereocenters. The molecule has 0 aromatic rings. The molecule has 0 aromatic heterocycles. The molecule has 1 unspecified atom stereocenters. The van der Waals surface area contributed by atoms with E-state index in [0.717, 1.165) is 38.5 Å². The molecule has 2 rings (SSSR count). The van der Waals surface area contributed by atoms with Crippen molar-refractivity contribution in [2.24, 2.45) is 0 Å². The number of unbranched alkanes of at least 4 members (excludes halogenated alkanes) is 11. The fraction of sp³-hybridized carbons (Fsp3) is 0.900. The van der Waals surface area contributed by atoms with Gasteiger partial charge in [0.15, 0.2) is 12.4 Å². The lowest BCUT2D eigenvalue weighted by Crippen LogP contribution is -2.69. The molecular weight excluding hydrogens is 568 g/mol. The minimum Gasteiger partial charge on any atom is -0.427 e. The third-order valence-electron chi connectivity index (χ3n) is 8.09. The predicted octanol–water partition coefficient (Wildman–Crippen LogP) is 0.513. The molecule has 13 nitrogen and oxygen atoms in total. The molecule has 0 radical (unpaired) electrons. The number of hydrogen-bond donors (Lipinski definition) is 8. The molecule has 0 amide bonds. The number of carbonyl (C=O) groups is 1. The highest BCUT2D eigenvalue weighted by atomic mass is 16.8. The number of allylic oxidation sites excluding steroid dienone is 2. The third-order valence-corrected chi connectivity index (χ3v) is 8.09. The van der Waals surface area contributed by atoms with Gasteiger partial charge >= 0.3 is 5.97 Å². The molecule has 0 aromatic carbocycles. The number of aliphatic hydroxyl groups excluding tert-OH is 8. The van der Waals surface area contributed by atoms with Gasteiger partial charge in [-0.15, -0.1) is 0 Å². The van der Waals surface area contributed by atoms with E-state index in [9.17, 15) is 45.6 Å². The van der Waals surface area contributed by atoms with Crippen LogP contribution in [0.3, 0.4) is 0 Å². The zero-order chi connectivity index (χ0) is 31.9. The molecule has 43 heavy (non-hydrogen) atoms. The summed E-state index contributed by atoms with van der Waals surface area (Å²) in [6, 6.07) is 0. The summed E-state index contributed by atoms with van der Waals surface area (Å²) in [6.45, 7) is -0.731. The predicted molar refractivity (Wildman–Crippen MR) is 153 cm³/mol. The molecule has 8 N–H and O–H groups in total. The van der Waals surface area contributed by atoms with Crippen LogP contribution in [0.4, 0.5) is 0 Å². The van der Waals surface area contributed by atoms with E-state index < -0.39 is 80.3 Å². The molecule has 0 spiro atoms. The van der Waals surface area contributed by atoms with Crippen molar-refractivity contribution in [3.05, 3.63) is 12.2 Å². The number of ether oxygens (including phenoxy) is 4. The Morgan fingerprint density at radius 3 is 1.77 bits per heavy atom. The van der Waals surface area contributed by atoms with E-state index in [-0.39, 0.29) is 6.42 Å². The van der Waals surface area contributed by atoms with Gasteiger partial charge in [0.25, 0.3) is 5.79 Å². The minimum atomic E-state index is -2.54. The Kier molecular flexibility index (Phi) is 17.1.